The summed E-state index contributed by atoms with van der Waals surface area (Å²) in [5.74, 6) is -0.0559. The molecule has 0 saturated carbocycles. The molecule has 0 spiro atoms. The third-order valence-corrected chi connectivity index (χ3v) is 3.54. The molecule has 3 rings (SSSR count). The fourth-order valence-corrected chi connectivity index (χ4v) is 2.35. The van der Waals surface area contributed by atoms with E-state index in [1.165, 1.54) is 17.3 Å². The van der Waals surface area contributed by atoms with Crippen LogP contribution in [0.25, 0.3) is 5.69 Å². The molecule has 0 radical (unpaired) electrons. The van der Waals surface area contributed by atoms with Crippen LogP contribution in [0.4, 0.5) is 5.69 Å². The van der Waals surface area contributed by atoms with Gasteiger partial charge in [0.05, 0.1) is 16.9 Å². The molecule has 3 aromatic rings. The Morgan fingerprint density at radius 1 is 1.28 bits per heavy atom. The summed E-state index contributed by atoms with van der Waals surface area (Å²) >= 11 is 6.01. The van der Waals surface area contributed by atoms with Crippen LogP contribution in [0.1, 0.15) is 10.4 Å². The van der Waals surface area contributed by atoms with Crippen LogP contribution in [0, 0.1) is 0 Å². The van der Waals surface area contributed by atoms with Gasteiger partial charge in [-0.15, -0.1) is 0 Å². The number of ether oxygens (including phenoxy) is 1. The van der Waals surface area contributed by atoms with Crippen molar-refractivity contribution in [3.8, 4) is 11.4 Å². The van der Waals surface area contributed by atoms with Gasteiger partial charge < -0.3 is 10.1 Å². The topological polar surface area (TPSA) is 86.1 Å². The number of nitrogens with zero attached hydrogens (tertiary/aromatic N) is 3. The zero-order valence-electron chi connectivity index (χ0n) is 12.9. The quantitative estimate of drug-likeness (QED) is 0.686. The molecule has 0 fully saturated rings. The summed E-state index contributed by atoms with van der Waals surface area (Å²) in [6.07, 6.45) is 3.57. The van der Waals surface area contributed by atoms with E-state index in [-0.39, 0.29) is 6.61 Å². The molecule has 1 N–H and O–H groups in total. The Bertz CT molecular complexity index is 897. The van der Waals surface area contributed by atoms with Crippen LogP contribution in [0.5, 0.6) is 5.75 Å². The molecule has 1 amide bonds. The lowest BCUT2D eigenvalue weighted by molar-refractivity contribution is -0.118. The van der Waals surface area contributed by atoms with Gasteiger partial charge in [-0.25, -0.2) is 9.67 Å². The highest BCUT2D eigenvalue weighted by atomic mass is 35.5. The van der Waals surface area contributed by atoms with Crippen LogP contribution in [0.2, 0.25) is 5.02 Å². The van der Waals surface area contributed by atoms with Crippen molar-refractivity contribution in [1.29, 1.82) is 0 Å². The highest BCUT2D eigenvalue weighted by Gasteiger charge is 2.11. The maximum absolute atomic E-state index is 12.2. The number of hydrogen-bond acceptors (Lipinski definition) is 5. The number of halogens is 1. The average Bonchev–Trinajstić information content (AvgIpc) is 3.14. The summed E-state index contributed by atoms with van der Waals surface area (Å²) in [5, 5.41) is 7.23. The van der Waals surface area contributed by atoms with Gasteiger partial charge in [0.15, 0.2) is 12.9 Å². The van der Waals surface area contributed by atoms with E-state index in [1.807, 2.05) is 0 Å². The molecule has 0 unspecified atom stereocenters. The number of anilines is 1. The van der Waals surface area contributed by atoms with Crippen molar-refractivity contribution in [2.24, 2.45) is 0 Å². The first-order chi connectivity index (χ1) is 12.2. The number of benzene rings is 2. The Kier molecular flexibility index (Phi) is 5.06. The van der Waals surface area contributed by atoms with E-state index in [0.717, 1.165) is 0 Å². The fraction of sp³-hybridized carbons (Fsp3) is 0.0588. The molecule has 126 valence electrons. The first kappa shape index (κ1) is 16.7. The van der Waals surface area contributed by atoms with Crippen LogP contribution in [-0.4, -0.2) is 33.6 Å². The summed E-state index contributed by atoms with van der Waals surface area (Å²) in [5.41, 5.74) is 1.46. The van der Waals surface area contributed by atoms with Gasteiger partial charge in [0.25, 0.3) is 5.91 Å². The van der Waals surface area contributed by atoms with Crippen LogP contribution in [-0.2, 0) is 4.79 Å². The largest absolute Gasteiger partial charge is 0.483 e. The molecule has 0 saturated heterocycles. The Hall–Kier alpha value is -3.19. The average molecular weight is 357 g/mol. The van der Waals surface area contributed by atoms with E-state index in [1.54, 1.807) is 42.5 Å². The smallest absolute Gasteiger partial charge is 0.262 e. The Morgan fingerprint density at radius 2 is 2.12 bits per heavy atom. The molecular formula is C17H13ClN4O3. The number of amides is 1. The number of carbonyl (C=O) groups is 2. The predicted octanol–water partition coefficient (Wildman–Crippen LogP) is 2.75. The Labute approximate surface area is 148 Å². The van der Waals surface area contributed by atoms with E-state index < -0.39 is 5.91 Å². The van der Waals surface area contributed by atoms with Gasteiger partial charge in [0.2, 0.25) is 0 Å². The lowest BCUT2D eigenvalue weighted by atomic mass is 10.2. The first-order valence-corrected chi connectivity index (χ1v) is 7.66. The number of aromatic nitrogens is 3. The van der Waals surface area contributed by atoms with Gasteiger partial charge >= 0.3 is 0 Å². The maximum atomic E-state index is 12.2. The van der Waals surface area contributed by atoms with Crippen molar-refractivity contribution < 1.29 is 14.3 Å². The third kappa shape index (κ3) is 4.02. The standard InChI is InChI=1S/C17H13ClN4O3/c18-13-5-6-15(22-11-19-10-20-22)14(7-13)21-17(24)9-25-16-4-2-1-3-12(16)8-23/h1-8,10-11H,9H2,(H,21,24). The van der Waals surface area contributed by atoms with Crippen molar-refractivity contribution >= 4 is 29.5 Å². The van der Waals surface area contributed by atoms with Gasteiger partial charge in [-0.1, -0.05) is 23.7 Å². The highest BCUT2D eigenvalue weighted by Crippen LogP contribution is 2.24. The van der Waals surface area contributed by atoms with Crippen molar-refractivity contribution in [2.75, 3.05) is 11.9 Å². The molecule has 0 bridgehead atoms. The SMILES string of the molecule is O=Cc1ccccc1OCC(=O)Nc1cc(Cl)ccc1-n1cncn1. The van der Waals surface area contributed by atoms with Crippen LogP contribution in [0.15, 0.2) is 55.1 Å². The zero-order chi connectivity index (χ0) is 17.6. The van der Waals surface area contributed by atoms with E-state index in [4.69, 9.17) is 16.3 Å². The fourth-order valence-electron chi connectivity index (χ4n) is 2.18. The Morgan fingerprint density at radius 3 is 2.88 bits per heavy atom. The van der Waals surface area contributed by atoms with Crippen LogP contribution >= 0.6 is 11.6 Å². The number of para-hydroxylation sites is 1. The van der Waals surface area contributed by atoms with Crippen molar-refractivity contribution in [2.45, 2.75) is 0 Å². The molecule has 0 aliphatic heterocycles. The molecule has 7 nitrogen and oxygen atoms in total. The first-order valence-electron chi connectivity index (χ1n) is 7.29. The summed E-state index contributed by atoms with van der Waals surface area (Å²) in [6, 6.07) is 11.7. The van der Waals surface area contributed by atoms with E-state index in [9.17, 15) is 9.59 Å². The summed E-state index contributed by atoms with van der Waals surface area (Å²) in [4.78, 5) is 27.1. The minimum absolute atomic E-state index is 0.256. The zero-order valence-corrected chi connectivity index (χ0v) is 13.7. The molecule has 0 atom stereocenters. The summed E-state index contributed by atoms with van der Waals surface area (Å²) in [6.45, 7) is -0.256. The molecule has 25 heavy (non-hydrogen) atoms. The lowest BCUT2D eigenvalue weighted by Gasteiger charge is -2.12. The molecule has 0 aliphatic rings. The second kappa shape index (κ2) is 7.59. The number of hydrogen-bond donors (Lipinski definition) is 1. The molecular weight excluding hydrogens is 344 g/mol. The molecule has 8 heteroatoms. The molecule has 2 aromatic carbocycles. The van der Waals surface area contributed by atoms with Crippen LogP contribution < -0.4 is 10.1 Å². The molecule has 1 aromatic heterocycles. The number of nitrogens with one attached hydrogen (secondary N) is 1. The predicted molar refractivity (Wildman–Crippen MR) is 92.3 cm³/mol. The Balaban J connectivity index is 1.73. The lowest BCUT2D eigenvalue weighted by Crippen LogP contribution is -2.21. The minimum Gasteiger partial charge on any atom is -0.483 e. The van der Waals surface area contributed by atoms with Gasteiger partial charge in [-0.2, -0.15) is 5.10 Å². The van der Waals surface area contributed by atoms with Crippen molar-refractivity contribution in [3.63, 3.8) is 0 Å². The third-order valence-electron chi connectivity index (χ3n) is 3.30. The van der Waals surface area contributed by atoms with Gasteiger partial charge in [0.1, 0.15) is 18.4 Å². The molecule has 0 aliphatic carbocycles. The second-order valence-corrected chi connectivity index (χ2v) is 5.43. The maximum Gasteiger partial charge on any atom is 0.262 e. The van der Waals surface area contributed by atoms with Crippen molar-refractivity contribution in [1.82, 2.24) is 14.8 Å². The van der Waals surface area contributed by atoms with Gasteiger partial charge in [-0.05, 0) is 30.3 Å². The highest BCUT2D eigenvalue weighted by molar-refractivity contribution is 6.31. The number of aldehydes is 1. The minimum atomic E-state index is -0.399. The normalized spacial score (nSPS) is 10.3. The van der Waals surface area contributed by atoms with E-state index in [0.29, 0.717) is 34.0 Å². The number of rotatable bonds is 6. The molecule has 1 heterocycles. The summed E-state index contributed by atoms with van der Waals surface area (Å²) < 4.78 is 6.92. The van der Waals surface area contributed by atoms with Crippen molar-refractivity contribution in [3.05, 3.63) is 65.7 Å². The number of carbonyl (C=O) groups excluding carboxylic acids is 2. The van der Waals surface area contributed by atoms with E-state index >= 15 is 0 Å². The monoisotopic (exact) mass is 356 g/mol. The van der Waals surface area contributed by atoms with E-state index in [2.05, 4.69) is 15.4 Å². The van der Waals surface area contributed by atoms with Crippen LogP contribution in [0.3, 0.4) is 0 Å². The second-order valence-electron chi connectivity index (χ2n) is 4.99. The summed E-state index contributed by atoms with van der Waals surface area (Å²) in [7, 11) is 0. The van der Waals surface area contributed by atoms with Gasteiger partial charge in [0, 0.05) is 5.02 Å². The van der Waals surface area contributed by atoms with Gasteiger partial charge in [-0.3, -0.25) is 9.59 Å².